The molecule has 1 N–H and O–H groups in total. The lowest BCUT2D eigenvalue weighted by atomic mass is 10.2. The fourth-order valence-corrected chi connectivity index (χ4v) is 2.04. The second kappa shape index (κ2) is 5.67. The Bertz CT molecular complexity index is 576. The van der Waals surface area contributed by atoms with Gasteiger partial charge in [-0.2, -0.15) is 4.68 Å². The normalized spacial score (nSPS) is 11.3. The van der Waals surface area contributed by atoms with Gasteiger partial charge in [-0.25, -0.2) is 9.97 Å². The second-order valence-corrected chi connectivity index (χ2v) is 5.21. The molecule has 0 saturated heterocycles. The predicted octanol–water partition coefficient (Wildman–Crippen LogP) is 2.43. The van der Waals surface area contributed by atoms with Gasteiger partial charge >= 0.3 is 0 Å². The summed E-state index contributed by atoms with van der Waals surface area (Å²) in [4.78, 5) is 8.64. The standard InChI is InChI=1S/C13H18ClN5/c1-8(2)15-6-11-5-12(14)13(16-7-11)19-10(4)17-9(3)18-19/h5,7-8,15H,6H2,1-4H3. The van der Waals surface area contributed by atoms with Crippen LogP contribution in [0.4, 0.5) is 0 Å². The molecule has 2 rings (SSSR count). The fourth-order valence-electron chi connectivity index (χ4n) is 1.77. The number of rotatable bonds is 4. The van der Waals surface area contributed by atoms with Crippen molar-refractivity contribution in [1.82, 2.24) is 25.1 Å². The molecule has 2 heterocycles. The summed E-state index contributed by atoms with van der Waals surface area (Å²) >= 11 is 6.28. The quantitative estimate of drug-likeness (QED) is 0.934. The van der Waals surface area contributed by atoms with E-state index in [1.54, 1.807) is 4.68 Å². The van der Waals surface area contributed by atoms with E-state index >= 15 is 0 Å². The third kappa shape index (κ3) is 3.30. The van der Waals surface area contributed by atoms with E-state index in [1.165, 1.54) is 0 Å². The molecule has 0 amide bonds. The number of hydrogen-bond acceptors (Lipinski definition) is 4. The molecule has 102 valence electrons. The van der Waals surface area contributed by atoms with Gasteiger partial charge in [-0.3, -0.25) is 0 Å². The summed E-state index contributed by atoms with van der Waals surface area (Å²) in [6, 6.07) is 2.34. The first-order valence-electron chi connectivity index (χ1n) is 6.26. The van der Waals surface area contributed by atoms with Gasteiger partial charge < -0.3 is 5.32 Å². The van der Waals surface area contributed by atoms with Gasteiger partial charge in [0.05, 0.1) is 5.02 Å². The number of hydrogen-bond donors (Lipinski definition) is 1. The molecule has 0 aliphatic heterocycles. The van der Waals surface area contributed by atoms with Crippen LogP contribution in [0.1, 0.15) is 31.1 Å². The molecule has 6 heteroatoms. The maximum Gasteiger partial charge on any atom is 0.174 e. The Balaban J connectivity index is 2.27. The first-order chi connectivity index (χ1) is 8.97. The lowest BCUT2D eigenvalue weighted by Gasteiger charge is -2.10. The van der Waals surface area contributed by atoms with Gasteiger partial charge in [-0.15, -0.1) is 5.10 Å². The maximum absolute atomic E-state index is 6.28. The Hall–Kier alpha value is -1.46. The van der Waals surface area contributed by atoms with Crippen LogP contribution in [0.25, 0.3) is 5.82 Å². The van der Waals surface area contributed by atoms with Gasteiger partial charge in [0.2, 0.25) is 0 Å². The van der Waals surface area contributed by atoms with Crippen molar-refractivity contribution in [3.8, 4) is 5.82 Å². The summed E-state index contributed by atoms with van der Waals surface area (Å²) in [6.45, 7) is 8.68. The van der Waals surface area contributed by atoms with Gasteiger partial charge in [0.1, 0.15) is 11.6 Å². The summed E-state index contributed by atoms with van der Waals surface area (Å²) in [5, 5.41) is 8.20. The average Bonchev–Trinajstić information content (AvgIpc) is 2.66. The monoisotopic (exact) mass is 279 g/mol. The topological polar surface area (TPSA) is 55.6 Å². The van der Waals surface area contributed by atoms with Gasteiger partial charge in [-0.05, 0) is 25.5 Å². The minimum Gasteiger partial charge on any atom is -0.310 e. The van der Waals surface area contributed by atoms with Crippen LogP contribution in [0.3, 0.4) is 0 Å². The van der Waals surface area contributed by atoms with Gasteiger partial charge in [0.25, 0.3) is 0 Å². The van der Waals surface area contributed by atoms with E-state index in [2.05, 4.69) is 34.2 Å². The molecule has 0 aliphatic rings. The van der Waals surface area contributed by atoms with Crippen LogP contribution in [0.2, 0.25) is 5.02 Å². The molecule has 0 atom stereocenters. The molecule has 0 aliphatic carbocycles. The van der Waals surface area contributed by atoms with Gasteiger partial charge in [-0.1, -0.05) is 25.4 Å². The summed E-state index contributed by atoms with van der Waals surface area (Å²) in [5.74, 6) is 2.11. The Kier molecular flexibility index (Phi) is 4.17. The van der Waals surface area contributed by atoms with Gasteiger partial charge in [0, 0.05) is 18.8 Å². The van der Waals surface area contributed by atoms with E-state index in [-0.39, 0.29) is 0 Å². The highest BCUT2D eigenvalue weighted by Crippen LogP contribution is 2.19. The number of aromatic nitrogens is 4. The van der Waals surface area contributed by atoms with E-state index in [0.717, 1.165) is 17.9 Å². The average molecular weight is 280 g/mol. The van der Waals surface area contributed by atoms with Crippen LogP contribution < -0.4 is 5.32 Å². The number of nitrogens with zero attached hydrogens (tertiary/aromatic N) is 4. The van der Waals surface area contributed by atoms with Crippen LogP contribution in [-0.4, -0.2) is 25.8 Å². The third-order valence-corrected chi connectivity index (χ3v) is 2.95. The summed E-state index contributed by atoms with van der Waals surface area (Å²) < 4.78 is 1.66. The van der Waals surface area contributed by atoms with Crippen LogP contribution in [0.15, 0.2) is 12.3 Å². The van der Waals surface area contributed by atoms with E-state index < -0.39 is 0 Å². The first-order valence-corrected chi connectivity index (χ1v) is 6.63. The number of halogens is 1. The Morgan fingerprint density at radius 1 is 1.37 bits per heavy atom. The van der Waals surface area contributed by atoms with Crippen molar-refractivity contribution >= 4 is 11.6 Å². The third-order valence-electron chi connectivity index (χ3n) is 2.67. The molecule has 0 unspecified atom stereocenters. The minimum absolute atomic E-state index is 0.429. The summed E-state index contributed by atoms with van der Waals surface area (Å²) in [5.41, 5.74) is 1.05. The number of aryl methyl sites for hydroxylation is 2. The van der Waals surface area contributed by atoms with Crippen molar-refractivity contribution in [3.63, 3.8) is 0 Å². The van der Waals surface area contributed by atoms with E-state index in [9.17, 15) is 0 Å². The second-order valence-electron chi connectivity index (χ2n) is 4.80. The Labute approximate surface area is 118 Å². The number of nitrogens with one attached hydrogen (secondary N) is 1. The highest BCUT2D eigenvalue weighted by molar-refractivity contribution is 6.32. The fraction of sp³-hybridized carbons (Fsp3) is 0.462. The zero-order valence-electron chi connectivity index (χ0n) is 11.6. The Morgan fingerprint density at radius 2 is 2.11 bits per heavy atom. The summed E-state index contributed by atoms with van der Waals surface area (Å²) in [7, 11) is 0. The van der Waals surface area contributed by atoms with Crippen molar-refractivity contribution in [2.24, 2.45) is 0 Å². The lowest BCUT2D eigenvalue weighted by Crippen LogP contribution is -2.22. The molecule has 0 spiro atoms. The molecular formula is C13H18ClN5. The lowest BCUT2D eigenvalue weighted by molar-refractivity contribution is 0.587. The maximum atomic E-state index is 6.28. The largest absolute Gasteiger partial charge is 0.310 e. The Morgan fingerprint density at radius 3 is 2.63 bits per heavy atom. The van der Waals surface area contributed by atoms with E-state index in [4.69, 9.17) is 11.6 Å². The van der Waals surface area contributed by atoms with Crippen LogP contribution in [0, 0.1) is 13.8 Å². The summed E-state index contributed by atoms with van der Waals surface area (Å²) in [6.07, 6.45) is 1.81. The van der Waals surface area contributed by atoms with Gasteiger partial charge in [0.15, 0.2) is 5.82 Å². The SMILES string of the molecule is Cc1nc(C)n(-c2ncc(CNC(C)C)cc2Cl)n1. The molecule has 5 nitrogen and oxygen atoms in total. The van der Waals surface area contributed by atoms with Crippen molar-refractivity contribution in [2.75, 3.05) is 0 Å². The van der Waals surface area contributed by atoms with Crippen LogP contribution in [0.5, 0.6) is 0 Å². The van der Waals surface area contributed by atoms with E-state index in [0.29, 0.717) is 22.7 Å². The molecule has 2 aromatic rings. The number of pyridine rings is 1. The van der Waals surface area contributed by atoms with Crippen LogP contribution in [-0.2, 0) is 6.54 Å². The zero-order valence-corrected chi connectivity index (χ0v) is 12.4. The molecule has 0 aromatic carbocycles. The predicted molar refractivity (Wildman–Crippen MR) is 75.6 cm³/mol. The highest BCUT2D eigenvalue weighted by atomic mass is 35.5. The van der Waals surface area contributed by atoms with E-state index in [1.807, 2.05) is 26.1 Å². The van der Waals surface area contributed by atoms with Crippen molar-refractivity contribution in [2.45, 2.75) is 40.3 Å². The highest BCUT2D eigenvalue weighted by Gasteiger charge is 2.11. The minimum atomic E-state index is 0.429. The molecule has 19 heavy (non-hydrogen) atoms. The smallest absolute Gasteiger partial charge is 0.174 e. The molecule has 0 radical (unpaired) electrons. The van der Waals surface area contributed by atoms with Crippen molar-refractivity contribution in [3.05, 3.63) is 34.5 Å². The molecule has 0 bridgehead atoms. The van der Waals surface area contributed by atoms with Crippen molar-refractivity contribution < 1.29 is 0 Å². The zero-order chi connectivity index (χ0) is 14.0. The first kappa shape index (κ1) is 14.0. The molecular weight excluding hydrogens is 262 g/mol. The van der Waals surface area contributed by atoms with Crippen LogP contribution >= 0.6 is 11.6 Å². The van der Waals surface area contributed by atoms with Crippen molar-refractivity contribution in [1.29, 1.82) is 0 Å². The molecule has 0 saturated carbocycles. The molecule has 0 fully saturated rings. The molecule has 2 aromatic heterocycles.